The van der Waals surface area contributed by atoms with Gasteiger partial charge in [-0.2, -0.15) is 0 Å². The number of hydrogen-bond donors (Lipinski definition) is 2. The molecule has 0 aromatic carbocycles. The van der Waals surface area contributed by atoms with Crippen LogP contribution in [0.4, 0.5) is 0 Å². The molecule has 0 amide bonds. The van der Waals surface area contributed by atoms with E-state index in [0.717, 1.165) is 56.9 Å². The Balaban J connectivity index is 1.87. The van der Waals surface area contributed by atoms with E-state index >= 15 is 0 Å². The van der Waals surface area contributed by atoms with Crippen molar-refractivity contribution in [2.75, 3.05) is 18.8 Å². The van der Waals surface area contributed by atoms with E-state index in [9.17, 15) is 4.21 Å². The molecule has 0 radical (unpaired) electrons. The summed E-state index contributed by atoms with van der Waals surface area (Å²) in [5, 5.41) is 7.20. The molecule has 1 aromatic rings. The molecule has 3 atom stereocenters. The summed E-state index contributed by atoms with van der Waals surface area (Å²) in [6, 6.07) is 4.41. The number of aliphatic imine (C=N–C) groups is 1. The van der Waals surface area contributed by atoms with Gasteiger partial charge in [0.2, 0.25) is 0 Å². The van der Waals surface area contributed by atoms with Crippen LogP contribution in [0.2, 0.25) is 0 Å². The summed E-state index contributed by atoms with van der Waals surface area (Å²) in [6.45, 7) is 5.67. The van der Waals surface area contributed by atoms with Crippen LogP contribution in [0.1, 0.15) is 45.1 Å². The summed E-state index contributed by atoms with van der Waals surface area (Å²) in [6.07, 6.45) is 8.91. The second-order valence-corrected chi connectivity index (χ2v) is 8.18. The second kappa shape index (κ2) is 10.4. The van der Waals surface area contributed by atoms with E-state index < -0.39 is 10.8 Å². The van der Waals surface area contributed by atoms with Crippen LogP contribution in [-0.2, 0) is 17.2 Å². The summed E-state index contributed by atoms with van der Waals surface area (Å²) in [7, 11) is -0.690. The van der Waals surface area contributed by atoms with Gasteiger partial charge in [-0.15, -0.1) is 0 Å². The van der Waals surface area contributed by atoms with Gasteiger partial charge in [-0.25, -0.2) is 0 Å². The molecule has 1 saturated carbocycles. The lowest BCUT2D eigenvalue weighted by Gasteiger charge is -2.30. The minimum absolute atomic E-state index is 0.333. The van der Waals surface area contributed by atoms with Crippen molar-refractivity contribution in [2.24, 2.45) is 4.99 Å². The summed E-state index contributed by atoms with van der Waals surface area (Å²) in [4.78, 5) is 8.82. The highest BCUT2D eigenvalue weighted by Crippen LogP contribution is 2.22. The molecule has 3 unspecified atom stereocenters. The van der Waals surface area contributed by atoms with Crippen molar-refractivity contribution in [1.82, 2.24) is 15.6 Å². The highest BCUT2D eigenvalue weighted by molar-refractivity contribution is 7.85. The Morgan fingerprint density at radius 3 is 3.00 bits per heavy atom. The van der Waals surface area contributed by atoms with Crippen LogP contribution in [0.15, 0.2) is 29.5 Å². The van der Waals surface area contributed by atoms with Crippen molar-refractivity contribution in [3.05, 3.63) is 30.1 Å². The van der Waals surface area contributed by atoms with Crippen LogP contribution in [0.3, 0.4) is 0 Å². The molecule has 6 heteroatoms. The normalized spacial score (nSPS) is 22.8. The molecule has 0 saturated heterocycles. The lowest BCUT2D eigenvalue weighted by molar-refractivity contribution is 0.413. The standard InChI is InChI=1S/C18H30N4OS/c1-3-20-18(21-12-10-15-7-6-11-19-14-15)22-16-8-5-9-17(13-16)24(23)4-2/h6-7,11,14,16-17H,3-5,8-10,12-13H2,1-2H3,(H2,20,21,22). The second-order valence-electron chi connectivity index (χ2n) is 6.17. The summed E-state index contributed by atoms with van der Waals surface area (Å²) in [5.41, 5.74) is 1.20. The van der Waals surface area contributed by atoms with Crippen LogP contribution in [0.25, 0.3) is 0 Å². The predicted molar refractivity (Wildman–Crippen MR) is 102 cm³/mol. The Kier molecular flexibility index (Phi) is 8.22. The van der Waals surface area contributed by atoms with Crippen molar-refractivity contribution >= 4 is 16.8 Å². The first-order valence-corrected chi connectivity index (χ1v) is 10.4. The molecule has 0 aliphatic heterocycles. The lowest BCUT2D eigenvalue weighted by atomic mass is 9.95. The third-order valence-corrected chi connectivity index (χ3v) is 6.10. The van der Waals surface area contributed by atoms with Gasteiger partial charge < -0.3 is 10.6 Å². The Hall–Kier alpha value is -1.43. The first-order chi connectivity index (χ1) is 11.7. The quantitative estimate of drug-likeness (QED) is 0.585. The molecule has 1 fully saturated rings. The Bertz CT molecular complexity index is 535. The Morgan fingerprint density at radius 1 is 1.42 bits per heavy atom. The predicted octanol–water partition coefficient (Wildman–Crippen LogP) is 2.26. The van der Waals surface area contributed by atoms with E-state index in [1.54, 1.807) is 6.20 Å². The average Bonchev–Trinajstić information content (AvgIpc) is 2.62. The SMILES string of the molecule is CCNC(=NCCc1cccnc1)NC1CCCC(S(=O)CC)C1. The van der Waals surface area contributed by atoms with Crippen LogP contribution in [0, 0.1) is 0 Å². The van der Waals surface area contributed by atoms with Gasteiger partial charge in [0.05, 0.1) is 0 Å². The van der Waals surface area contributed by atoms with Crippen LogP contribution < -0.4 is 10.6 Å². The van der Waals surface area contributed by atoms with E-state index in [1.165, 1.54) is 5.56 Å². The van der Waals surface area contributed by atoms with E-state index in [2.05, 4.69) is 33.6 Å². The fourth-order valence-corrected chi connectivity index (χ4v) is 4.45. The van der Waals surface area contributed by atoms with E-state index in [-0.39, 0.29) is 0 Å². The first-order valence-electron chi connectivity index (χ1n) is 9.03. The monoisotopic (exact) mass is 350 g/mol. The maximum atomic E-state index is 12.1. The van der Waals surface area contributed by atoms with Crippen molar-refractivity contribution in [1.29, 1.82) is 0 Å². The highest BCUT2D eigenvalue weighted by Gasteiger charge is 2.25. The molecule has 24 heavy (non-hydrogen) atoms. The van der Waals surface area contributed by atoms with Gasteiger partial charge >= 0.3 is 0 Å². The smallest absolute Gasteiger partial charge is 0.191 e. The molecule has 134 valence electrons. The minimum Gasteiger partial charge on any atom is -0.357 e. The molecule has 0 bridgehead atoms. The zero-order valence-corrected chi connectivity index (χ0v) is 15.6. The number of aromatic nitrogens is 1. The van der Waals surface area contributed by atoms with Gasteiger partial charge in [0.1, 0.15) is 0 Å². The molecule has 1 aliphatic carbocycles. The van der Waals surface area contributed by atoms with Crippen molar-refractivity contribution in [3.63, 3.8) is 0 Å². The Labute approximate surface area is 148 Å². The van der Waals surface area contributed by atoms with Crippen molar-refractivity contribution < 1.29 is 4.21 Å². The highest BCUT2D eigenvalue weighted by atomic mass is 32.2. The molecular weight excluding hydrogens is 320 g/mol. The minimum atomic E-state index is -0.690. The Morgan fingerprint density at radius 2 is 2.29 bits per heavy atom. The van der Waals surface area contributed by atoms with Gasteiger partial charge in [-0.1, -0.05) is 19.4 Å². The molecule has 0 spiro atoms. The van der Waals surface area contributed by atoms with E-state index in [1.807, 2.05) is 19.2 Å². The molecule has 1 heterocycles. The number of nitrogens with zero attached hydrogens (tertiary/aromatic N) is 2. The largest absolute Gasteiger partial charge is 0.357 e. The van der Waals surface area contributed by atoms with Crippen molar-refractivity contribution in [2.45, 2.75) is 57.2 Å². The maximum absolute atomic E-state index is 12.1. The molecule has 2 N–H and O–H groups in total. The molecule has 1 aromatic heterocycles. The number of nitrogens with one attached hydrogen (secondary N) is 2. The number of pyridine rings is 1. The summed E-state index contributed by atoms with van der Waals surface area (Å²) in [5.74, 6) is 1.63. The summed E-state index contributed by atoms with van der Waals surface area (Å²) >= 11 is 0. The zero-order chi connectivity index (χ0) is 17.2. The number of hydrogen-bond acceptors (Lipinski definition) is 3. The third-order valence-electron chi connectivity index (χ3n) is 4.36. The van der Waals surface area contributed by atoms with E-state index in [0.29, 0.717) is 11.3 Å². The van der Waals surface area contributed by atoms with Gasteiger partial charge in [-0.05, 0) is 44.2 Å². The first kappa shape index (κ1) is 18.9. The van der Waals surface area contributed by atoms with Crippen molar-refractivity contribution in [3.8, 4) is 0 Å². The number of guanidine groups is 1. The lowest BCUT2D eigenvalue weighted by Crippen LogP contribution is -2.46. The topological polar surface area (TPSA) is 66.4 Å². The average molecular weight is 351 g/mol. The molecule has 5 nitrogen and oxygen atoms in total. The third kappa shape index (κ3) is 6.23. The van der Waals surface area contributed by atoms with E-state index in [4.69, 9.17) is 0 Å². The zero-order valence-electron chi connectivity index (χ0n) is 14.8. The fourth-order valence-electron chi connectivity index (χ4n) is 3.11. The van der Waals surface area contributed by atoms with Gasteiger partial charge in [0.15, 0.2) is 5.96 Å². The van der Waals surface area contributed by atoms with Gasteiger partial charge in [-0.3, -0.25) is 14.2 Å². The molecule has 1 aliphatic rings. The number of rotatable bonds is 7. The fraction of sp³-hybridized carbons (Fsp3) is 0.667. The van der Waals surface area contributed by atoms with Gasteiger partial charge in [0.25, 0.3) is 0 Å². The molecule has 2 rings (SSSR count). The van der Waals surface area contributed by atoms with Crippen LogP contribution in [0.5, 0.6) is 0 Å². The van der Waals surface area contributed by atoms with Crippen LogP contribution in [-0.4, -0.2) is 45.3 Å². The van der Waals surface area contributed by atoms with Gasteiger partial charge in [0, 0.05) is 53.3 Å². The summed E-state index contributed by atoms with van der Waals surface area (Å²) < 4.78 is 12.1. The van der Waals surface area contributed by atoms with Crippen LogP contribution >= 0.6 is 0 Å². The molecular formula is C18H30N4OS. The maximum Gasteiger partial charge on any atom is 0.191 e.